The summed E-state index contributed by atoms with van der Waals surface area (Å²) >= 11 is 1.20. The van der Waals surface area contributed by atoms with Gasteiger partial charge in [-0.1, -0.05) is 34.1 Å². The molecule has 0 saturated heterocycles. The zero-order valence-electron chi connectivity index (χ0n) is 17.5. The summed E-state index contributed by atoms with van der Waals surface area (Å²) in [6, 6.07) is 0. The average molecular weight is 437 g/mol. The van der Waals surface area contributed by atoms with Gasteiger partial charge < -0.3 is 9.16 Å². The smallest absolute Gasteiger partial charge is 0.348 e. The Bertz CT molecular complexity index is 746. The largest absolute Gasteiger partial charge is 0.543 e. The van der Waals surface area contributed by atoms with Crippen LogP contribution in [-0.4, -0.2) is 35.6 Å². The van der Waals surface area contributed by atoms with Crippen molar-refractivity contribution >= 4 is 35.7 Å². The molecule has 27 heavy (non-hydrogen) atoms. The summed E-state index contributed by atoms with van der Waals surface area (Å²) in [6.07, 6.45) is 1.37. The first-order chi connectivity index (χ1) is 12.2. The quantitative estimate of drug-likeness (QED) is 0.303. The molecule has 6 nitrogen and oxygen atoms in total. The van der Waals surface area contributed by atoms with E-state index in [9.17, 15) is 13.2 Å². The molecule has 9 heteroatoms. The first-order valence-corrected chi connectivity index (χ1v) is 14.7. The van der Waals surface area contributed by atoms with Gasteiger partial charge in [0.2, 0.25) is 0 Å². The summed E-state index contributed by atoms with van der Waals surface area (Å²) in [5, 5.41) is 1.71. The molecule has 1 rings (SSSR count). The maximum atomic E-state index is 12.5. The monoisotopic (exact) mass is 436 g/mol. The molecule has 0 amide bonds. The molecule has 0 spiro atoms. The first kappa shape index (κ1) is 24.1. The van der Waals surface area contributed by atoms with Crippen molar-refractivity contribution in [1.29, 1.82) is 0 Å². The topological polar surface area (TPSA) is 78.9 Å². The molecule has 0 radical (unpaired) electrons. The van der Waals surface area contributed by atoms with Crippen molar-refractivity contribution in [3.05, 3.63) is 15.8 Å². The van der Waals surface area contributed by atoms with E-state index in [0.29, 0.717) is 29.0 Å². The molecule has 0 aliphatic rings. The van der Waals surface area contributed by atoms with Gasteiger partial charge in [-0.2, -0.15) is 8.42 Å². The Hall–Kier alpha value is -0.903. The molecule has 1 aromatic rings. The second-order valence-corrected chi connectivity index (χ2v) is 15.2. The zero-order chi connectivity index (χ0) is 21.0. The van der Waals surface area contributed by atoms with Crippen molar-refractivity contribution in [1.82, 2.24) is 0 Å². The van der Waals surface area contributed by atoms with Gasteiger partial charge in [-0.15, -0.1) is 11.3 Å². The summed E-state index contributed by atoms with van der Waals surface area (Å²) in [5.41, 5.74) is 0.482. The zero-order valence-corrected chi connectivity index (χ0v) is 20.2. The summed E-state index contributed by atoms with van der Waals surface area (Å²) in [7, 11) is -5.90. The molecule has 0 saturated carbocycles. The van der Waals surface area contributed by atoms with Crippen LogP contribution in [0.2, 0.25) is 18.1 Å². The molecule has 0 aliphatic carbocycles. The van der Waals surface area contributed by atoms with Gasteiger partial charge in [0.1, 0.15) is 16.7 Å². The molecular formula is C18H32O6S2Si. The lowest BCUT2D eigenvalue weighted by atomic mass is 10.1. The SMILES string of the molecule is CCCC(OS(C)(=O)=O)c1c(O[Si](C)(C)C(C)(C)C)csc1C(=O)OCC. The Morgan fingerprint density at radius 2 is 1.85 bits per heavy atom. The van der Waals surface area contributed by atoms with Crippen molar-refractivity contribution in [2.75, 3.05) is 12.9 Å². The molecule has 0 fully saturated rings. The number of esters is 1. The van der Waals surface area contributed by atoms with Crippen LogP contribution in [0.3, 0.4) is 0 Å². The summed E-state index contributed by atoms with van der Waals surface area (Å²) < 4.78 is 40.5. The third kappa shape index (κ3) is 6.58. The van der Waals surface area contributed by atoms with E-state index in [1.807, 2.05) is 6.92 Å². The highest BCUT2D eigenvalue weighted by Gasteiger charge is 2.41. The highest BCUT2D eigenvalue weighted by molar-refractivity contribution is 7.86. The van der Waals surface area contributed by atoms with Crippen LogP contribution in [0.5, 0.6) is 5.75 Å². The van der Waals surface area contributed by atoms with E-state index >= 15 is 0 Å². The Balaban J connectivity index is 3.49. The molecular weight excluding hydrogens is 404 g/mol. The maximum absolute atomic E-state index is 12.5. The number of carbonyl (C=O) groups excluding carboxylic acids is 1. The van der Waals surface area contributed by atoms with E-state index < -0.39 is 30.5 Å². The van der Waals surface area contributed by atoms with Crippen LogP contribution in [-0.2, 0) is 19.0 Å². The summed E-state index contributed by atoms with van der Waals surface area (Å²) in [5.74, 6) is 0.0394. The molecule has 0 aliphatic heterocycles. The van der Waals surface area contributed by atoms with Crippen LogP contribution in [0.4, 0.5) is 0 Å². The van der Waals surface area contributed by atoms with E-state index in [1.165, 1.54) is 11.3 Å². The Kier molecular flexibility index (Phi) is 8.10. The molecule has 0 N–H and O–H groups in total. The minimum atomic E-state index is -3.71. The van der Waals surface area contributed by atoms with E-state index in [1.54, 1.807) is 12.3 Å². The van der Waals surface area contributed by atoms with Gasteiger partial charge in [0, 0.05) is 10.9 Å². The maximum Gasteiger partial charge on any atom is 0.348 e. The molecule has 1 atom stereocenters. The predicted molar refractivity (Wildman–Crippen MR) is 112 cm³/mol. The number of hydrogen-bond donors (Lipinski definition) is 0. The van der Waals surface area contributed by atoms with Gasteiger partial charge in [0.05, 0.1) is 12.9 Å². The van der Waals surface area contributed by atoms with Crippen LogP contribution in [0, 0.1) is 0 Å². The lowest BCUT2D eigenvalue weighted by Crippen LogP contribution is -2.44. The molecule has 156 valence electrons. The fourth-order valence-electron chi connectivity index (χ4n) is 2.23. The minimum Gasteiger partial charge on any atom is -0.543 e. The number of hydrogen-bond acceptors (Lipinski definition) is 7. The Morgan fingerprint density at radius 3 is 2.30 bits per heavy atom. The minimum absolute atomic E-state index is 0.0474. The second kappa shape index (κ2) is 9.06. The number of thiophene rings is 1. The van der Waals surface area contributed by atoms with Gasteiger partial charge in [0.15, 0.2) is 0 Å². The highest BCUT2D eigenvalue weighted by atomic mass is 32.2. The van der Waals surface area contributed by atoms with Gasteiger partial charge >= 0.3 is 5.97 Å². The predicted octanol–water partition coefficient (Wildman–Crippen LogP) is 5.13. The fraction of sp³-hybridized carbons (Fsp3) is 0.722. The molecule has 0 bridgehead atoms. The van der Waals surface area contributed by atoms with Crippen LogP contribution in [0.1, 0.15) is 68.8 Å². The summed E-state index contributed by atoms with van der Waals surface area (Å²) in [4.78, 5) is 12.8. The molecule has 1 aromatic heterocycles. The van der Waals surface area contributed by atoms with Crippen LogP contribution < -0.4 is 4.43 Å². The molecule has 0 aromatic carbocycles. The van der Waals surface area contributed by atoms with Crippen molar-refractivity contribution in [2.45, 2.75) is 71.7 Å². The highest BCUT2D eigenvalue weighted by Crippen LogP contribution is 2.44. The van der Waals surface area contributed by atoms with E-state index in [2.05, 4.69) is 33.9 Å². The summed E-state index contributed by atoms with van der Waals surface area (Å²) in [6.45, 7) is 14.5. The van der Waals surface area contributed by atoms with Gasteiger partial charge in [-0.25, -0.2) is 4.79 Å². The van der Waals surface area contributed by atoms with E-state index in [0.717, 1.165) is 6.26 Å². The number of ether oxygens (including phenoxy) is 1. The Morgan fingerprint density at radius 1 is 1.26 bits per heavy atom. The van der Waals surface area contributed by atoms with Gasteiger partial charge in [-0.05, 0) is 31.5 Å². The normalized spacial score (nSPS) is 14.1. The molecule has 1 unspecified atom stereocenters. The van der Waals surface area contributed by atoms with E-state index in [4.69, 9.17) is 13.3 Å². The average Bonchev–Trinajstić information content (AvgIpc) is 2.87. The van der Waals surface area contributed by atoms with Crippen LogP contribution >= 0.6 is 11.3 Å². The van der Waals surface area contributed by atoms with Crippen LogP contribution in [0.15, 0.2) is 5.38 Å². The third-order valence-corrected chi connectivity index (χ3v) is 10.5. The first-order valence-electron chi connectivity index (χ1n) is 9.09. The number of carbonyl (C=O) groups is 1. The number of rotatable bonds is 9. The standard InChI is InChI=1S/C18H32O6S2Si/c1-9-11-13(23-26(6,20)21)15-14(24-27(7,8)18(3,4)5)12-25-16(15)17(19)22-10-2/h12-13H,9-11H2,1-8H3. The van der Waals surface area contributed by atoms with Crippen molar-refractivity contribution in [3.63, 3.8) is 0 Å². The van der Waals surface area contributed by atoms with Gasteiger partial charge in [-0.3, -0.25) is 4.18 Å². The van der Waals surface area contributed by atoms with Crippen molar-refractivity contribution < 1.29 is 26.6 Å². The van der Waals surface area contributed by atoms with E-state index in [-0.39, 0.29) is 11.6 Å². The second-order valence-electron chi connectivity index (χ2n) is 8.00. The lowest BCUT2D eigenvalue weighted by molar-refractivity contribution is 0.0526. The third-order valence-electron chi connectivity index (χ3n) is 4.59. The molecule has 1 heterocycles. The fourth-order valence-corrected chi connectivity index (χ4v) is 4.87. The van der Waals surface area contributed by atoms with Crippen molar-refractivity contribution in [3.8, 4) is 5.75 Å². The van der Waals surface area contributed by atoms with Crippen LogP contribution in [0.25, 0.3) is 0 Å². The van der Waals surface area contributed by atoms with Gasteiger partial charge in [0.25, 0.3) is 18.4 Å². The van der Waals surface area contributed by atoms with Crippen molar-refractivity contribution in [2.24, 2.45) is 0 Å². The Labute approximate surface area is 168 Å². The lowest BCUT2D eigenvalue weighted by Gasteiger charge is -2.36.